The first-order valence-electron chi connectivity index (χ1n) is 7.04. The zero-order chi connectivity index (χ0) is 16.8. The summed E-state index contributed by atoms with van der Waals surface area (Å²) in [6.07, 6.45) is 1.37. The molecule has 0 aliphatic carbocycles. The molecule has 0 heterocycles. The summed E-state index contributed by atoms with van der Waals surface area (Å²) in [4.78, 5) is 12.1. The van der Waals surface area contributed by atoms with Crippen molar-refractivity contribution in [2.75, 3.05) is 10.6 Å². The van der Waals surface area contributed by atoms with Crippen molar-refractivity contribution in [2.24, 2.45) is 0 Å². The van der Waals surface area contributed by atoms with Crippen LogP contribution in [0.3, 0.4) is 0 Å². The van der Waals surface area contributed by atoms with Gasteiger partial charge in [0.1, 0.15) is 17.4 Å². The van der Waals surface area contributed by atoms with E-state index in [0.29, 0.717) is 5.69 Å². The smallest absolute Gasteiger partial charge is 0.267 e. The second-order valence-corrected chi connectivity index (χ2v) is 5.14. The molecule has 5 nitrogen and oxygen atoms in total. The summed E-state index contributed by atoms with van der Waals surface area (Å²) < 4.78 is 0. The molecule has 0 aromatic heterocycles. The molecule has 2 aromatic carbocycles. The first kappa shape index (κ1) is 16.1. The zero-order valence-electron chi connectivity index (χ0n) is 12.9. The Morgan fingerprint density at radius 1 is 1.22 bits per heavy atom. The summed E-state index contributed by atoms with van der Waals surface area (Å²) in [6.45, 7) is 3.91. The van der Waals surface area contributed by atoms with E-state index in [-0.39, 0.29) is 11.3 Å². The van der Waals surface area contributed by atoms with Gasteiger partial charge in [-0.1, -0.05) is 18.2 Å². The Morgan fingerprint density at radius 2 is 2.00 bits per heavy atom. The van der Waals surface area contributed by atoms with Gasteiger partial charge in [-0.05, 0) is 43.2 Å². The highest BCUT2D eigenvalue weighted by Gasteiger charge is 2.10. The first-order chi connectivity index (χ1) is 11.0. The molecule has 0 bridgehead atoms. The molecule has 0 atom stereocenters. The van der Waals surface area contributed by atoms with Crippen molar-refractivity contribution in [2.45, 2.75) is 13.8 Å². The molecule has 0 aliphatic heterocycles. The molecular weight excluding hydrogens is 290 g/mol. The van der Waals surface area contributed by atoms with Crippen LogP contribution in [0.5, 0.6) is 5.75 Å². The van der Waals surface area contributed by atoms with E-state index in [1.807, 2.05) is 38.1 Å². The van der Waals surface area contributed by atoms with E-state index in [2.05, 4.69) is 10.6 Å². The van der Waals surface area contributed by atoms with Gasteiger partial charge in [-0.2, -0.15) is 5.26 Å². The molecule has 0 unspecified atom stereocenters. The number of amides is 1. The van der Waals surface area contributed by atoms with Gasteiger partial charge in [-0.3, -0.25) is 4.79 Å². The quantitative estimate of drug-likeness (QED) is 0.596. The van der Waals surface area contributed by atoms with Crippen LogP contribution in [0.15, 0.2) is 54.2 Å². The Bertz CT molecular complexity index is 804. The average Bonchev–Trinajstić information content (AvgIpc) is 2.51. The highest BCUT2D eigenvalue weighted by atomic mass is 16.3. The van der Waals surface area contributed by atoms with E-state index in [1.165, 1.54) is 18.3 Å². The van der Waals surface area contributed by atoms with Gasteiger partial charge >= 0.3 is 0 Å². The minimum Gasteiger partial charge on any atom is -0.508 e. The standard InChI is InChI=1S/C18H17N3O2/c1-12-6-7-13(2)17(8-12)20-11-14(10-19)18(23)21-15-4-3-5-16(22)9-15/h3-9,11,20,22H,1-2H3,(H,21,23)/b14-11-. The number of nitrogens with zero attached hydrogens (tertiary/aromatic N) is 1. The maximum atomic E-state index is 12.1. The number of aryl methyl sites for hydroxylation is 2. The Balaban J connectivity index is 2.14. The molecule has 0 saturated carbocycles. The molecule has 0 spiro atoms. The van der Waals surface area contributed by atoms with E-state index < -0.39 is 5.91 Å². The van der Waals surface area contributed by atoms with E-state index in [0.717, 1.165) is 16.8 Å². The van der Waals surface area contributed by atoms with Gasteiger partial charge in [0.2, 0.25) is 0 Å². The number of rotatable bonds is 4. The van der Waals surface area contributed by atoms with Gasteiger partial charge in [-0.15, -0.1) is 0 Å². The number of phenols is 1. The number of carbonyl (C=O) groups excluding carboxylic acids is 1. The summed E-state index contributed by atoms with van der Waals surface area (Å²) in [7, 11) is 0. The lowest BCUT2D eigenvalue weighted by molar-refractivity contribution is -0.112. The van der Waals surface area contributed by atoms with Crippen LogP contribution < -0.4 is 10.6 Å². The van der Waals surface area contributed by atoms with Crippen LogP contribution >= 0.6 is 0 Å². The molecule has 116 valence electrons. The molecule has 3 N–H and O–H groups in total. The van der Waals surface area contributed by atoms with Gasteiger partial charge in [0.05, 0.1) is 0 Å². The van der Waals surface area contributed by atoms with Crippen molar-refractivity contribution in [3.63, 3.8) is 0 Å². The third-order valence-corrected chi connectivity index (χ3v) is 3.23. The third kappa shape index (κ3) is 4.35. The minimum absolute atomic E-state index is 0.0406. The molecule has 1 amide bonds. The fourth-order valence-corrected chi connectivity index (χ4v) is 1.97. The molecule has 5 heteroatoms. The van der Waals surface area contributed by atoms with Crippen LogP contribution in [-0.2, 0) is 4.79 Å². The fraction of sp³-hybridized carbons (Fsp3) is 0.111. The average molecular weight is 307 g/mol. The normalized spacial score (nSPS) is 10.7. The van der Waals surface area contributed by atoms with Gasteiger partial charge in [0, 0.05) is 23.6 Å². The summed E-state index contributed by atoms with van der Waals surface area (Å²) in [5.41, 5.74) is 3.28. The maximum absolute atomic E-state index is 12.1. The number of anilines is 2. The van der Waals surface area contributed by atoms with Crippen LogP contribution in [0, 0.1) is 25.2 Å². The molecule has 23 heavy (non-hydrogen) atoms. The topological polar surface area (TPSA) is 85.2 Å². The number of nitrogens with one attached hydrogen (secondary N) is 2. The lowest BCUT2D eigenvalue weighted by Crippen LogP contribution is -2.14. The number of nitriles is 1. The SMILES string of the molecule is Cc1ccc(C)c(N/C=C(/C#N)C(=O)Nc2cccc(O)c2)c1. The summed E-state index contributed by atoms with van der Waals surface area (Å²) in [5.74, 6) is -0.505. The predicted molar refractivity (Wildman–Crippen MR) is 90.0 cm³/mol. The Kier molecular flexibility index (Phi) is 5.00. The minimum atomic E-state index is -0.545. The molecule has 0 radical (unpaired) electrons. The Labute approximate surface area is 134 Å². The number of benzene rings is 2. The first-order valence-corrected chi connectivity index (χ1v) is 7.04. The van der Waals surface area contributed by atoms with Crippen molar-refractivity contribution in [1.82, 2.24) is 0 Å². The largest absolute Gasteiger partial charge is 0.508 e. The van der Waals surface area contributed by atoms with E-state index >= 15 is 0 Å². The van der Waals surface area contributed by atoms with Crippen molar-refractivity contribution < 1.29 is 9.90 Å². The highest BCUT2D eigenvalue weighted by Crippen LogP contribution is 2.18. The number of carbonyl (C=O) groups is 1. The number of phenolic OH excluding ortho intramolecular Hbond substituents is 1. The van der Waals surface area contributed by atoms with Crippen molar-refractivity contribution in [3.8, 4) is 11.8 Å². The Hall–Kier alpha value is -3.26. The summed E-state index contributed by atoms with van der Waals surface area (Å²) in [6, 6.07) is 13.9. The lowest BCUT2D eigenvalue weighted by Gasteiger charge is -2.08. The number of aromatic hydroxyl groups is 1. The molecule has 0 fully saturated rings. The van der Waals surface area contributed by atoms with Crippen LogP contribution in [-0.4, -0.2) is 11.0 Å². The van der Waals surface area contributed by atoms with E-state index in [1.54, 1.807) is 12.1 Å². The molecule has 2 aromatic rings. The highest BCUT2D eigenvalue weighted by molar-refractivity contribution is 6.06. The monoisotopic (exact) mass is 307 g/mol. The maximum Gasteiger partial charge on any atom is 0.267 e. The Morgan fingerprint density at radius 3 is 2.70 bits per heavy atom. The van der Waals surface area contributed by atoms with Crippen molar-refractivity contribution in [3.05, 3.63) is 65.4 Å². The van der Waals surface area contributed by atoms with Crippen molar-refractivity contribution >= 4 is 17.3 Å². The van der Waals surface area contributed by atoms with Gasteiger partial charge < -0.3 is 15.7 Å². The molecule has 0 aliphatic rings. The molecule has 2 rings (SSSR count). The second kappa shape index (κ2) is 7.14. The van der Waals surface area contributed by atoms with Crippen molar-refractivity contribution in [1.29, 1.82) is 5.26 Å². The van der Waals surface area contributed by atoms with Crippen LogP contribution in [0.1, 0.15) is 11.1 Å². The van der Waals surface area contributed by atoms with Crippen LogP contribution in [0.25, 0.3) is 0 Å². The summed E-state index contributed by atoms with van der Waals surface area (Å²) in [5, 5.41) is 24.1. The second-order valence-electron chi connectivity index (χ2n) is 5.14. The molecular formula is C18H17N3O2. The van der Waals surface area contributed by atoms with E-state index in [4.69, 9.17) is 5.26 Å². The van der Waals surface area contributed by atoms with E-state index in [9.17, 15) is 9.90 Å². The third-order valence-electron chi connectivity index (χ3n) is 3.23. The zero-order valence-corrected chi connectivity index (χ0v) is 12.9. The number of hydrogen-bond donors (Lipinski definition) is 3. The van der Waals surface area contributed by atoms with Crippen LogP contribution in [0.2, 0.25) is 0 Å². The molecule has 0 saturated heterocycles. The predicted octanol–water partition coefficient (Wildman–Crippen LogP) is 3.47. The van der Waals surface area contributed by atoms with Crippen LogP contribution in [0.4, 0.5) is 11.4 Å². The van der Waals surface area contributed by atoms with Gasteiger partial charge in [0.25, 0.3) is 5.91 Å². The number of hydrogen-bond acceptors (Lipinski definition) is 4. The lowest BCUT2D eigenvalue weighted by atomic mass is 10.1. The van der Waals surface area contributed by atoms with Gasteiger partial charge in [-0.25, -0.2) is 0 Å². The fourth-order valence-electron chi connectivity index (χ4n) is 1.97. The summed E-state index contributed by atoms with van der Waals surface area (Å²) >= 11 is 0. The van der Waals surface area contributed by atoms with Gasteiger partial charge in [0.15, 0.2) is 0 Å².